The van der Waals surface area contributed by atoms with Gasteiger partial charge in [0.2, 0.25) is 5.43 Å². The van der Waals surface area contributed by atoms with Gasteiger partial charge < -0.3 is 5.11 Å². The maximum Gasteiger partial charge on any atom is 0.210 e. The van der Waals surface area contributed by atoms with Gasteiger partial charge in [-0.3, -0.25) is 9.89 Å². The van der Waals surface area contributed by atoms with Crippen LogP contribution in [-0.2, 0) is 6.42 Å². The van der Waals surface area contributed by atoms with Crippen LogP contribution in [0.1, 0.15) is 17.0 Å². The minimum Gasteiger partial charge on any atom is -0.396 e. The van der Waals surface area contributed by atoms with Gasteiger partial charge in [0.15, 0.2) is 0 Å². The Morgan fingerprint density at radius 3 is 2.93 bits per heavy atom. The summed E-state index contributed by atoms with van der Waals surface area (Å²) in [6.07, 6.45) is 5.25. The van der Waals surface area contributed by atoms with Crippen LogP contribution in [0.25, 0.3) is 6.08 Å². The first-order valence-electron chi connectivity index (χ1n) is 4.68. The lowest BCUT2D eigenvalue weighted by Gasteiger charge is -2.02. The van der Waals surface area contributed by atoms with Crippen LogP contribution in [0, 0.1) is 6.92 Å². The summed E-state index contributed by atoms with van der Waals surface area (Å²) in [4.78, 5) is 11.8. The van der Waals surface area contributed by atoms with Crippen molar-refractivity contribution in [3.63, 3.8) is 0 Å². The molecule has 0 amide bonds. The molecule has 0 bridgehead atoms. The molecule has 0 saturated carbocycles. The molecule has 4 nitrogen and oxygen atoms in total. The molecule has 4 heteroatoms. The Balaban J connectivity index is 3.23. The average molecular weight is 206 g/mol. The molecule has 80 valence electrons. The molecule has 0 spiro atoms. The number of hydrogen-bond donors (Lipinski definition) is 2. The molecular weight excluding hydrogens is 192 g/mol. The molecule has 0 aliphatic rings. The van der Waals surface area contributed by atoms with E-state index in [1.807, 2.05) is 0 Å². The predicted molar refractivity (Wildman–Crippen MR) is 59.6 cm³/mol. The Kier molecular flexibility index (Phi) is 4.00. The van der Waals surface area contributed by atoms with Gasteiger partial charge in [-0.25, -0.2) is 0 Å². The highest BCUT2D eigenvalue weighted by Gasteiger charge is 2.07. The van der Waals surface area contributed by atoms with Crippen LogP contribution in [0.3, 0.4) is 0 Å². The van der Waals surface area contributed by atoms with Gasteiger partial charge in [-0.2, -0.15) is 5.10 Å². The normalized spacial score (nSPS) is 10.8. The van der Waals surface area contributed by atoms with Gasteiger partial charge in [0.05, 0.1) is 0 Å². The summed E-state index contributed by atoms with van der Waals surface area (Å²) >= 11 is 0. The van der Waals surface area contributed by atoms with E-state index >= 15 is 0 Å². The fourth-order valence-electron chi connectivity index (χ4n) is 1.23. The summed E-state index contributed by atoms with van der Waals surface area (Å²) in [5.74, 6) is 0. The summed E-state index contributed by atoms with van der Waals surface area (Å²) in [5, 5.41) is 15.4. The molecule has 0 aromatic carbocycles. The molecule has 0 aliphatic heterocycles. The smallest absolute Gasteiger partial charge is 0.210 e. The van der Waals surface area contributed by atoms with Crippen molar-refractivity contribution < 1.29 is 5.11 Å². The van der Waals surface area contributed by atoms with Crippen molar-refractivity contribution in [2.24, 2.45) is 0 Å². The third-order valence-corrected chi connectivity index (χ3v) is 2.02. The first kappa shape index (κ1) is 11.4. The van der Waals surface area contributed by atoms with E-state index in [1.165, 1.54) is 0 Å². The van der Waals surface area contributed by atoms with Gasteiger partial charge in [-0.05, 0) is 13.0 Å². The first-order valence-corrected chi connectivity index (χ1v) is 4.68. The van der Waals surface area contributed by atoms with Crippen molar-refractivity contribution in [3.05, 3.63) is 45.9 Å². The highest BCUT2D eigenvalue weighted by atomic mass is 16.3. The number of aryl methyl sites for hydroxylation is 1. The highest BCUT2D eigenvalue weighted by Crippen LogP contribution is 2.01. The molecule has 0 saturated heterocycles. The number of nitrogens with one attached hydrogen (secondary N) is 1. The molecule has 1 heterocycles. The van der Waals surface area contributed by atoms with Crippen molar-refractivity contribution in [1.82, 2.24) is 10.2 Å². The summed E-state index contributed by atoms with van der Waals surface area (Å²) < 4.78 is 0. The lowest BCUT2D eigenvalue weighted by Crippen LogP contribution is -2.18. The van der Waals surface area contributed by atoms with E-state index in [4.69, 9.17) is 5.11 Å². The van der Waals surface area contributed by atoms with Gasteiger partial charge in [0.1, 0.15) is 5.69 Å². The molecule has 1 aromatic heterocycles. The number of rotatable bonds is 4. The van der Waals surface area contributed by atoms with E-state index in [1.54, 1.807) is 25.2 Å². The minimum absolute atomic E-state index is 0.0796. The van der Waals surface area contributed by atoms with Crippen molar-refractivity contribution in [3.8, 4) is 0 Å². The predicted octanol–water partition coefficient (Wildman–Crippen LogP) is 0.812. The Morgan fingerprint density at radius 2 is 2.33 bits per heavy atom. The molecule has 0 fully saturated rings. The van der Waals surface area contributed by atoms with Gasteiger partial charge in [-0.15, -0.1) is 0 Å². The zero-order chi connectivity index (χ0) is 11.3. The molecular formula is C11H14N2O2. The second-order valence-electron chi connectivity index (χ2n) is 3.11. The van der Waals surface area contributed by atoms with Crippen LogP contribution in [0.2, 0.25) is 0 Å². The van der Waals surface area contributed by atoms with Crippen molar-refractivity contribution in [2.45, 2.75) is 13.3 Å². The number of aromatic nitrogens is 2. The van der Waals surface area contributed by atoms with Crippen LogP contribution in [0.4, 0.5) is 0 Å². The first-order chi connectivity index (χ1) is 7.20. The molecule has 0 atom stereocenters. The van der Waals surface area contributed by atoms with E-state index in [0.29, 0.717) is 17.0 Å². The standard InChI is InChI=1S/C11H14N2O2/c1-3-4-5-9-8(2)12-13-10(6-7-14)11(9)15/h3-5,14H,1,6-7H2,2H3,(H,12,15)/b5-4-. The van der Waals surface area contributed by atoms with Gasteiger partial charge in [0.25, 0.3) is 0 Å². The van der Waals surface area contributed by atoms with Crippen molar-refractivity contribution in [1.29, 1.82) is 0 Å². The zero-order valence-corrected chi connectivity index (χ0v) is 8.66. The quantitative estimate of drug-likeness (QED) is 0.716. The Bertz CT molecular complexity index is 433. The van der Waals surface area contributed by atoms with Gasteiger partial charge in [-0.1, -0.05) is 18.7 Å². The number of hydrogen-bond acceptors (Lipinski definition) is 3. The van der Waals surface area contributed by atoms with E-state index in [9.17, 15) is 4.79 Å². The summed E-state index contributed by atoms with van der Waals surface area (Å²) in [5.41, 5.74) is 1.48. The summed E-state index contributed by atoms with van der Waals surface area (Å²) in [6, 6.07) is 0. The zero-order valence-electron chi connectivity index (χ0n) is 8.66. The third-order valence-electron chi connectivity index (χ3n) is 2.02. The number of nitrogens with zero attached hydrogens (tertiary/aromatic N) is 1. The third kappa shape index (κ3) is 2.63. The number of aliphatic hydroxyl groups is 1. The number of H-pyrrole nitrogens is 1. The molecule has 0 radical (unpaired) electrons. The SMILES string of the molecule is C=C/C=C\c1c(C)[nH]nc(CCO)c1=O. The maximum absolute atomic E-state index is 11.8. The van der Waals surface area contributed by atoms with E-state index in [0.717, 1.165) is 0 Å². The molecule has 0 aliphatic carbocycles. The van der Waals surface area contributed by atoms with E-state index in [-0.39, 0.29) is 18.5 Å². The maximum atomic E-state index is 11.8. The average Bonchev–Trinajstić information content (AvgIpc) is 2.22. The summed E-state index contributed by atoms with van der Waals surface area (Å²) in [7, 11) is 0. The van der Waals surface area contributed by atoms with Crippen LogP contribution in [0.15, 0.2) is 23.5 Å². The molecule has 15 heavy (non-hydrogen) atoms. The lowest BCUT2D eigenvalue weighted by molar-refractivity contribution is 0.297. The number of aliphatic hydroxyl groups excluding tert-OH is 1. The number of aromatic amines is 1. The molecule has 2 N–H and O–H groups in total. The number of allylic oxidation sites excluding steroid dienone is 2. The Labute approximate surface area is 88.0 Å². The van der Waals surface area contributed by atoms with Crippen LogP contribution in [-0.4, -0.2) is 21.9 Å². The van der Waals surface area contributed by atoms with Crippen LogP contribution >= 0.6 is 0 Å². The molecule has 0 unspecified atom stereocenters. The van der Waals surface area contributed by atoms with Crippen LogP contribution < -0.4 is 5.43 Å². The van der Waals surface area contributed by atoms with Crippen molar-refractivity contribution in [2.75, 3.05) is 6.61 Å². The van der Waals surface area contributed by atoms with Crippen LogP contribution in [0.5, 0.6) is 0 Å². The molecule has 1 aromatic rings. The van der Waals surface area contributed by atoms with Crippen molar-refractivity contribution >= 4 is 6.08 Å². The van der Waals surface area contributed by atoms with E-state index < -0.39 is 0 Å². The minimum atomic E-state index is -0.140. The second-order valence-corrected chi connectivity index (χ2v) is 3.11. The second kappa shape index (κ2) is 5.26. The monoisotopic (exact) mass is 206 g/mol. The molecule has 1 rings (SSSR count). The van der Waals surface area contributed by atoms with Gasteiger partial charge >= 0.3 is 0 Å². The fourth-order valence-corrected chi connectivity index (χ4v) is 1.23. The Hall–Kier alpha value is -1.68. The largest absolute Gasteiger partial charge is 0.396 e. The Morgan fingerprint density at radius 1 is 1.60 bits per heavy atom. The lowest BCUT2D eigenvalue weighted by atomic mass is 10.1. The topological polar surface area (TPSA) is 66.0 Å². The highest BCUT2D eigenvalue weighted by molar-refractivity contribution is 5.53. The van der Waals surface area contributed by atoms with Gasteiger partial charge in [0, 0.05) is 24.3 Å². The fraction of sp³-hybridized carbons (Fsp3) is 0.273. The summed E-state index contributed by atoms with van der Waals surface area (Å²) in [6.45, 7) is 5.24. The van der Waals surface area contributed by atoms with E-state index in [2.05, 4.69) is 16.8 Å².